The normalized spacial score (nSPS) is 13.7. The Bertz CT molecular complexity index is 1280. The van der Waals surface area contributed by atoms with Gasteiger partial charge in [-0.1, -0.05) is 29.3 Å². The summed E-state index contributed by atoms with van der Waals surface area (Å²) < 4.78 is 17.1. The van der Waals surface area contributed by atoms with Crippen molar-refractivity contribution in [2.45, 2.75) is 52.7 Å². The lowest BCUT2D eigenvalue weighted by Gasteiger charge is -2.31. The summed E-state index contributed by atoms with van der Waals surface area (Å²) in [5, 5.41) is 2.08. The Morgan fingerprint density at radius 3 is 2.68 bits per heavy atom. The van der Waals surface area contributed by atoms with E-state index in [1.165, 1.54) is 6.07 Å². The second-order valence-corrected chi connectivity index (χ2v) is 9.66. The van der Waals surface area contributed by atoms with Crippen molar-refractivity contribution in [3.63, 3.8) is 0 Å². The van der Waals surface area contributed by atoms with Gasteiger partial charge in [0.1, 0.15) is 18.1 Å². The third kappa shape index (κ3) is 5.57. The van der Waals surface area contributed by atoms with E-state index in [2.05, 4.69) is 4.90 Å². The van der Waals surface area contributed by atoms with Crippen LogP contribution < -0.4 is 10.4 Å². The first kappa shape index (κ1) is 24.6. The summed E-state index contributed by atoms with van der Waals surface area (Å²) in [6.45, 7) is 7.17. The molecule has 180 valence electrons. The molecule has 34 heavy (non-hydrogen) atoms. The Labute approximate surface area is 208 Å². The van der Waals surface area contributed by atoms with Crippen molar-refractivity contribution in [1.82, 2.24) is 4.90 Å². The van der Waals surface area contributed by atoms with Gasteiger partial charge < -0.3 is 13.9 Å². The maximum absolute atomic E-state index is 12.1. The zero-order valence-corrected chi connectivity index (χ0v) is 21.0. The highest BCUT2D eigenvalue weighted by molar-refractivity contribution is 6.35. The van der Waals surface area contributed by atoms with E-state index in [1.54, 1.807) is 6.07 Å². The highest BCUT2D eigenvalue weighted by Gasteiger charge is 2.26. The van der Waals surface area contributed by atoms with Gasteiger partial charge in [0.15, 0.2) is 0 Å². The molecule has 0 aliphatic carbocycles. The maximum Gasteiger partial charge on any atom is 0.336 e. The van der Waals surface area contributed by atoms with Crippen LogP contribution in [0.15, 0.2) is 39.5 Å². The minimum atomic E-state index is -0.398. The number of carbonyl (C=O) groups is 1. The van der Waals surface area contributed by atoms with Crippen LogP contribution in [0.1, 0.15) is 42.5 Å². The summed E-state index contributed by atoms with van der Waals surface area (Å²) in [5.41, 5.74) is 3.68. The molecule has 0 N–H and O–H groups in total. The van der Waals surface area contributed by atoms with E-state index in [0.29, 0.717) is 47.6 Å². The molecule has 0 fully saturated rings. The van der Waals surface area contributed by atoms with Crippen LogP contribution in [0.5, 0.6) is 5.75 Å². The van der Waals surface area contributed by atoms with Crippen molar-refractivity contribution in [1.29, 1.82) is 0 Å². The van der Waals surface area contributed by atoms with Crippen LogP contribution in [0, 0.1) is 6.92 Å². The van der Waals surface area contributed by atoms with Gasteiger partial charge in [-0.3, -0.25) is 9.69 Å². The molecule has 1 aliphatic rings. The van der Waals surface area contributed by atoms with Crippen LogP contribution in [-0.4, -0.2) is 30.2 Å². The standard InChI is InChI=1S/C26H27Cl2NO5/c1-15(2)33-23(30)7-5-18-11-20-16(3)10-24(31)34-26(20)21-13-29(14-32-25(18)21)9-8-17-4-6-19(27)12-22(17)28/h4,6,10-12,15H,5,7-9,13-14H2,1-3H3. The molecule has 0 amide bonds. The summed E-state index contributed by atoms with van der Waals surface area (Å²) in [5.74, 6) is 0.428. The van der Waals surface area contributed by atoms with Gasteiger partial charge in [0, 0.05) is 41.0 Å². The number of aryl methyl sites for hydroxylation is 2. The fraction of sp³-hybridized carbons (Fsp3) is 0.385. The molecule has 0 unspecified atom stereocenters. The number of fused-ring (bicyclic) bond motifs is 3. The van der Waals surface area contributed by atoms with Gasteiger partial charge in [0.25, 0.3) is 0 Å². The largest absolute Gasteiger partial charge is 0.477 e. The zero-order chi connectivity index (χ0) is 24.4. The van der Waals surface area contributed by atoms with E-state index >= 15 is 0 Å². The molecule has 1 aromatic heterocycles. The lowest BCUT2D eigenvalue weighted by molar-refractivity contribution is -0.147. The number of halogens is 2. The third-order valence-electron chi connectivity index (χ3n) is 5.82. The van der Waals surface area contributed by atoms with Crippen LogP contribution in [0.25, 0.3) is 11.0 Å². The second kappa shape index (κ2) is 10.4. The van der Waals surface area contributed by atoms with Gasteiger partial charge in [-0.2, -0.15) is 0 Å². The van der Waals surface area contributed by atoms with Crippen molar-refractivity contribution in [3.05, 3.63) is 73.1 Å². The van der Waals surface area contributed by atoms with Crippen molar-refractivity contribution in [2.24, 2.45) is 0 Å². The van der Waals surface area contributed by atoms with Gasteiger partial charge in [0.05, 0.1) is 11.7 Å². The van der Waals surface area contributed by atoms with Crippen LogP contribution >= 0.6 is 23.2 Å². The van der Waals surface area contributed by atoms with E-state index in [-0.39, 0.29) is 18.5 Å². The molecule has 0 bridgehead atoms. The average molecular weight is 504 g/mol. The SMILES string of the molecule is Cc1cc(=O)oc2c3c(c(CCC(=O)OC(C)C)cc12)OCN(CCc1ccc(Cl)cc1Cl)C3. The lowest BCUT2D eigenvalue weighted by atomic mass is 9.97. The molecule has 0 atom stereocenters. The van der Waals surface area contributed by atoms with Crippen LogP contribution in [0.2, 0.25) is 10.0 Å². The molecule has 2 heterocycles. The first-order valence-electron chi connectivity index (χ1n) is 11.3. The Morgan fingerprint density at radius 2 is 1.94 bits per heavy atom. The Morgan fingerprint density at radius 1 is 1.15 bits per heavy atom. The van der Waals surface area contributed by atoms with E-state index < -0.39 is 5.63 Å². The molecule has 8 heteroatoms. The Hall–Kier alpha value is -2.54. The summed E-state index contributed by atoms with van der Waals surface area (Å²) in [7, 11) is 0. The number of rotatable bonds is 7. The van der Waals surface area contributed by atoms with Crippen molar-refractivity contribution < 1.29 is 18.7 Å². The third-order valence-corrected chi connectivity index (χ3v) is 6.40. The van der Waals surface area contributed by atoms with E-state index in [0.717, 1.165) is 34.1 Å². The minimum absolute atomic E-state index is 0.159. The van der Waals surface area contributed by atoms with E-state index in [4.69, 9.17) is 37.1 Å². The Balaban J connectivity index is 1.61. The lowest BCUT2D eigenvalue weighted by Crippen LogP contribution is -2.34. The van der Waals surface area contributed by atoms with E-state index in [9.17, 15) is 9.59 Å². The molecular weight excluding hydrogens is 477 g/mol. The topological polar surface area (TPSA) is 69.0 Å². The first-order chi connectivity index (χ1) is 16.2. The quantitative estimate of drug-likeness (QED) is 0.304. The number of benzene rings is 2. The van der Waals surface area contributed by atoms with Gasteiger partial charge in [-0.15, -0.1) is 0 Å². The number of hydrogen-bond donors (Lipinski definition) is 0. The summed E-state index contributed by atoms with van der Waals surface area (Å²) in [6.07, 6.45) is 1.28. The highest BCUT2D eigenvalue weighted by Crippen LogP contribution is 2.37. The van der Waals surface area contributed by atoms with Crippen LogP contribution in [-0.2, 0) is 28.9 Å². The molecule has 0 saturated carbocycles. The molecule has 0 saturated heterocycles. The smallest absolute Gasteiger partial charge is 0.336 e. The maximum atomic E-state index is 12.1. The molecule has 0 spiro atoms. The predicted molar refractivity (Wildman–Crippen MR) is 133 cm³/mol. The summed E-state index contributed by atoms with van der Waals surface area (Å²) in [6, 6.07) is 8.93. The summed E-state index contributed by atoms with van der Waals surface area (Å²) in [4.78, 5) is 26.4. The van der Waals surface area contributed by atoms with Crippen molar-refractivity contribution in [3.8, 4) is 5.75 Å². The average Bonchev–Trinajstić information content (AvgIpc) is 2.76. The van der Waals surface area contributed by atoms with Gasteiger partial charge >= 0.3 is 11.6 Å². The fourth-order valence-corrected chi connectivity index (χ4v) is 4.70. The zero-order valence-electron chi connectivity index (χ0n) is 19.5. The van der Waals surface area contributed by atoms with Crippen LogP contribution in [0.4, 0.5) is 0 Å². The van der Waals surface area contributed by atoms with Gasteiger partial charge in [-0.25, -0.2) is 4.79 Å². The van der Waals surface area contributed by atoms with Crippen molar-refractivity contribution >= 4 is 40.1 Å². The van der Waals surface area contributed by atoms with Crippen molar-refractivity contribution in [2.75, 3.05) is 13.3 Å². The van der Waals surface area contributed by atoms with Gasteiger partial charge in [-0.05, 0) is 68.5 Å². The molecular formula is C26H27Cl2NO5. The monoisotopic (exact) mass is 503 g/mol. The molecule has 2 aromatic carbocycles. The first-order valence-corrected chi connectivity index (χ1v) is 12.0. The number of ether oxygens (including phenoxy) is 2. The number of nitrogens with zero attached hydrogens (tertiary/aromatic N) is 1. The number of carbonyl (C=O) groups excluding carboxylic acids is 1. The molecule has 4 rings (SSSR count). The fourth-order valence-electron chi connectivity index (χ4n) is 4.20. The summed E-state index contributed by atoms with van der Waals surface area (Å²) >= 11 is 12.3. The highest BCUT2D eigenvalue weighted by atomic mass is 35.5. The molecule has 6 nitrogen and oxygen atoms in total. The van der Waals surface area contributed by atoms with Crippen LogP contribution in [0.3, 0.4) is 0 Å². The van der Waals surface area contributed by atoms with E-state index in [1.807, 2.05) is 39.0 Å². The predicted octanol–water partition coefficient (Wildman–Crippen LogP) is 5.69. The number of hydrogen-bond acceptors (Lipinski definition) is 6. The molecule has 3 aromatic rings. The molecule has 0 radical (unpaired) electrons. The Kier molecular flexibility index (Phi) is 7.51. The second-order valence-electron chi connectivity index (χ2n) is 8.82. The molecule has 1 aliphatic heterocycles. The number of esters is 1. The van der Waals surface area contributed by atoms with Gasteiger partial charge in [0.2, 0.25) is 0 Å². The minimum Gasteiger partial charge on any atom is -0.477 e.